The molecule has 0 aliphatic carbocycles. The van der Waals surface area contributed by atoms with Gasteiger partial charge < -0.3 is 5.32 Å². The molecule has 1 amide bonds. The monoisotopic (exact) mass is 386 g/mol. The number of hydrogen-bond donors (Lipinski definition) is 1. The van der Waals surface area contributed by atoms with E-state index in [0.717, 1.165) is 0 Å². The Kier molecular flexibility index (Phi) is 6.12. The third kappa shape index (κ3) is 4.55. The van der Waals surface area contributed by atoms with Crippen LogP contribution >= 0.6 is 11.6 Å². The minimum absolute atomic E-state index is 0.0287. The topological polar surface area (TPSA) is 75.7 Å². The molecule has 6 nitrogen and oxygen atoms in total. The Morgan fingerprint density at radius 1 is 1.24 bits per heavy atom. The van der Waals surface area contributed by atoms with Crippen molar-refractivity contribution in [2.75, 3.05) is 14.2 Å². The van der Waals surface area contributed by atoms with Crippen LogP contribution in [0.3, 0.4) is 0 Å². The van der Waals surface area contributed by atoms with E-state index in [1.54, 1.807) is 12.1 Å². The van der Waals surface area contributed by atoms with E-state index in [4.69, 9.17) is 16.4 Å². The van der Waals surface area contributed by atoms with Crippen LogP contribution in [0, 0.1) is 5.82 Å². The zero-order valence-corrected chi connectivity index (χ0v) is 15.1. The minimum Gasteiger partial charge on any atom is -0.348 e. The lowest BCUT2D eigenvalue weighted by Gasteiger charge is -2.16. The van der Waals surface area contributed by atoms with Gasteiger partial charge >= 0.3 is 0 Å². The van der Waals surface area contributed by atoms with Gasteiger partial charge in [0.25, 0.3) is 15.9 Å². The largest absolute Gasteiger partial charge is 0.348 e. The molecule has 9 heteroatoms. The van der Waals surface area contributed by atoms with Crippen molar-refractivity contribution in [2.45, 2.75) is 11.4 Å². The highest BCUT2D eigenvalue weighted by atomic mass is 35.5. The number of nitrogens with one attached hydrogen (secondary N) is 1. The first-order valence-corrected chi connectivity index (χ1v) is 8.92. The average Bonchev–Trinajstić information content (AvgIpc) is 2.60. The van der Waals surface area contributed by atoms with Crippen LogP contribution in [0.25, 0.3) is 0 Å². The molecular formula is C16H16ClFN2O4S. The maximum Gasteiger partial charge on any atom is 0.266 e. The number of carbonyl (C=O) groups is 1. The molecule has 0 spiro atoms. The lowest BCUT2D eigenvalue weighted by atomic mass is 10.2. The summed E-state index contributed by atoms with van der Waals surface area (Å²) in [6.07, 6.45) is 0. The number of benzene rings is 2. The van der Waals surface area contributed by atoms with E-state index in [0.29, 0.717) is 10.0 Å². The Balaban J connectivity index is 2.21. The Bertz CT molecular complexity index is 872. The van der Waals surface area contributed by atoms with Crippen LogP contribution in [0.15, 0.2) is 47.4 Å². The lowest BCUT2D eigenvalue weighted by molar-refractivity contribution is -0.0258. The summed E-state index contributed by atoms with van der Waals surface area (Å²) in [7, 11) is -1.58. The maximum absolute atomic E-state index is 12.9. The molecule has 2 aromatic rings. The summed E-state index contributed by atoms with van der Waals surface area (Å²) in [4.78, 5) is 16.7. The molecule has 0 unspecified atom stereocenters. The molecule has 0 heterocycles. The molecule has 134 valence electrons. The van der Waals surface area contributed by atoms with Crippen LogP contribution in [-0.2, 0) is 21.4 Å². The van der Waals surface area contributed by atoms with Gasteiger partial charge in [-0.15, -0.1) is 0 Å². The van der Waals surface area contributed by atoms with Crippen LogP contribution in [0.1, 0.15) is 15.9 Å². The van der Waals surface area contributed by atoms with Crippen LogP contribution in [-0.4, -0.2) is 33.0 Å². The van der Waals surface area contributed by atoms with E-state index in [2.05, 4.69) is 5.32 Å². The highest BCUT2D eigenvalue weighted by Crippen LogP contribution is 2.25. The number of sulfonamides is 1. The fourth-order valence-electron chi connectivity index (χ4n) is 1.97. The molecular weight excluding hydrogens is 371 g/mol. The fraction of sp³-hybridized carbons (Fsp3) is 0.188. The predicted molar refractivity (Wildman–Crippen MR) is 91.0 cm³/mol. The molecule has 1 N–H and O–H groups in total. The SMILES string of the molecule is CON(C)S(=O)(=O)c1cc(C(=O)NCc2ccc(F)cc2)ccc1Cl. The number of hydrogen-bond acceptors (Lipinski definition) is 4. The molecule has 0 saturated carbocycles. The normalized spacial score (nSPS) is 11.6. The van der Waals surface area contributed by atoms with Gasteiger partial charge in [-0.25, -0.2) is 12.8 Å². The Morgan fingerprint density at radius 2 is 1.88 bits per heavy atom. The Labute approximate surface area is 150 Å². The molecule has 0 aromatic heterocycles. The summed E-state index contributed by atoms with van der Waals surface area (Å²) >= 11 is 5.95. The first-order chi connectivity index (χ1) is 11.8. The van der Waals surface area contributed by atoms with Gasteiger partial charge in [0.05, 0.1) is 12.1 Å². The first-order valence-electron chi connectivity index (χ1n) is 7.11. The number of halogens is 2. The van der Waals surface area contributed by atoms with E-state index in [9.17, 15) is 17.6 Å². The zero-order valence-electron chi connectivity index (χ0n) is 13.5. The highest BCUT2D eigenvalue weighted by molar-refractivity contribution is 7.89. The molecule has 2 rings (SSSR count). The second-order valence-corrected chi connectivity index (χ2v) is 7.36. The number of hydroxylamine groups is 1. The van der Waals surface area contributed by atoms with Gasteiger partial charge in [0.1, 0.15) is 10.7 Å². The third-order valence-corrected chi connectivity index (χ3v) is 5.59. The summed E-state index contributed by atoms with van der Waals surface area (Å²) in [6.45, 7) is 0.168. The molecule has 0 fully saturated rings. The van der Waals surface area contributed by atoms with Crippen molar-refractivity contribution in [1.29, 1.82) is 0 Å². The van der Waals surface area contributed by atoms with Gasteiger partial charge in [0, 0.05) is 19.2 Å². The van der Waals surface area contributed by atoms with E-state index >= 15 is 0 Å². The number of rotatable bonds is 6. The summed E-state index contributed by atoms with van der Waals surface area (Å²) in [6, 6.07) is 9.57. The number of nitrogens with zero attached hydrogens (tertiary/aromatic N) is 1. The molecule has 2 aromatic carbocycles. The minimum atomic E-state index is -3.99. The van der Waals surface area contributed by atoms with Crippen LogP contribution < -0.4 is 5.32 Å². The third-order valence-electron chi connectivity index (χ3n) is 3.43. The highest BCUT2D eigenvalue weighted by Gasteiger charge is 2.25. The van der Waals surface area contributed by atoms with Crippen molar-refractivity contribution in [2.24, 2.45) is 0 Å². The number of amides is 1. The molecule has 0 aliphatic heterocycles. The molecule has 25 heavy (non-hydrogen) atoms. The smallest absolute Gasteiger partial charge is 0.266 e. The summed E-state index contributed by atoms with van der Waals surface area (Å²) in [5.41, 5.74) is 0.824. The van der Waals surface area contributed by atoms with Crippen molar-refractivity contribution in [3.05, 3.63) is 64.4 Å². The molecule has 0 bridgehead atoms. The van der Waals surface area contributed by atoms with Crippen molar-refractivity contribution in [3.8, 4) is 0 Å². The average molecular weight is 387 g/mol. The lowest BCUT2D eigenvalue weighted by Crippen LogP contribution is -2.27. The van der Waals surface area contributed by atoms with E-state index < -0.39 is 15.9 Å². The summed E-state index contributed by atoms with van der Waals surface area (Å²) < 4.78 is 38.2. The summed E-state index contributed by atoms with van der Waals surface area (Å²) in [5, 5.41) is 2.60. The van der Waals surface area contributed by atoms with Gasteiger partial charge in [-0.05, 0) is 35.9 Å². The van der Waals surface area contributed by atoms with Gasteiger partial charge in [0.2, 0.25) is 0 Å². The number of carbonyl (C=O) groups excluding carboxylic acids is 1. The quantitative estimate of drug-likeness (QED) is 0.774. The zero-order chi connectivity index (χ0) is 18.6. The van der Waals surface area contributed by atoms with Crippen molar-refractivity contribution in [1.82, 2.24) is 9.79 Å². The van der Waals surface area contributed by atoms with Crippen LogP contribution in [0.4, 0.5) is 4.39 Å². The predicted octanol–water partition coefficient (Wildman–Crippen LogP) is 2.59. The van der Waals surface area contributed by atoms with Gasteiger partial charge in [-0.2, -0.15) is 0 Å². The van der Waals surface area contributed by atoms with Crippen LogP contribution in [0.5, 0.6) is 0 Å². The molecule has 0 radical (unpaired) electrons. The molecule has 0 atom stereocenters. The van der Waals surface area contributed by atoms with Crippen molar-refractivity contribution >= 4 is 27.5 Å². The van der Waals surface area contributed by atoms with E-state index in [-0.39, 0.29) is 27.8 Å². The molecule has 0 saturated heterocycles. The van der Waals surface area contributed by atoms with Gasteiger partial charge in [-0.3, -0.25) is 9.63 Å². The van der Waals surface area contributed by atoms with Gasteiger partial charge in [0.15, 0.2) is 0 Å². The van der Waals surface area contributed by atoms with E-state index in [1.165, 1.54) is 44.5 Å². The van der Waals surface area contributed by atoms with Crippen molar-refractivity contribution < 1.29 is 22.4 Å². The summed E-state index contributed by atoms with van der Waals surface area (Å²) in [5.74, 6) is -0.859. The fourth-order valence-corrected chi connectivity index (χ4v) is 3.44. The standard InChI is InChI=1S/C16H16ClFN2O4S/c1-20(24-2)25(22,23)15-9-12(5-8-14(15)17)16(21)19-10-11-3-6-13(18)7-4-11/h3-9H,10H2,1-2H3,(H,19,21). The maximum atomic E-state index is 12.9. The Hall–Kier alpha value is -2.00. The van der Waals surface area contributed by atoms with Crippen LogP contribution in [0.2, 0.25) is 5.02 Å². The molecule has 0 aliphatic rings. The second-order valence-electron chi connectivity index (χ2n) is 5.05. The first kappa shape index (κ1) is 19.3. The van der Waals surface area contributed by atoms with Gasteiger partial charge in [-0.1, -0.05) is 28.2 Å². The van der Waals surface area contributed by atoms with Crippen molar-refractivity contribution in [3.63, 3.8) is 0 Å². The van der Waals surface area contributed by atoms with E-state index in [1.807, 2.05) is 0 Å². The Morgan fingerprint density at radius 3 is 2.48 bits per heavy atom. The second kappa shape index (κ2) is 7.92.